The zero-order valence-electron chi connectivity index (χ0n) is 18.3. The van der Waals surface area contributed by atoms with Crippen LogP contribution < -0.4 is 0 Å². The topological polar surface area (TPSA) is 29.5 Å². The van der Waals surface area contributed by atoms with Crippen molar-refractivity contribution in [2.24, 2.45) is 0 Å². The molecule has 0 fully saturated rings. The molecular formula is C22H43NO2Sn. The van der Waals surface area contributed by atoms with E-state index in [4.69, 9.17) is 4.84 Å². The summed E-state index contributed by atoms with van der Waals surface area (Å²) in [6.45, 7) is 13.0. The number of carbonyl (C=O) groups is 1. The maximum atomic E-state index is 11.6. The average Bonchev–Trinajstić information content (AvgIpc) is 3.09. The van der Waals surface area contributed by atoms with Crippen molar-refractivity contribution in [3.05, 3.63) is 9.67 Å². The SMILES string of the molecule is CCC[CH2][Sn]([CH2]CCC)([CH2]CCC)[C]1=CC(N(C=O)OC(C)(C)C)CC1. The summed E-state index contributed by atoms with van der Waals surface area (Å²) in [7, 11) is 0. The van der Waals surface area contributed by atoms with Crippen molar-refractivity contribution in [2.75, 3.05) is 0 Å². The second-order valence-corrected chi connectivity index (χ2v) is 22.5. The normalized spacial score (nSPS) is 18.1. The third kappa shape index (κ3) is 7.53. The van der Waals surface area contributed by atoms with Crippen molar-refractivity contribution in [3.63, 3.8) is 0 Å². The van der Waals surface area contributed by atoms with E-state index >= 15 is 0 Å². The molecule has 0 aromatic rings. The van der Waals surface area contributed by atoms with Gasteiger partial charge < -0.3 is 0 Å². The predicted octanol–water partition coefficient (Wildman–Crippen LogP) is 6.65. The van der Waals surface area contributed by atoms with E-state index in [-0.39, 0.29) is 11.6 Å². The average molecular weight is 472 g/mol. The number of nitrogens with zero attached hydrogens (tertiary/aromatic N) is 1. The molecule has 1 aliphatic rings. The first-order valence-corrected chi connectivity index (χ1v) is 18.4. The van der Waals surface area contributed by atoms with Gasteiger partial charge >= 0.3 is 167 Å². The van der Waals surface area contributed by atoms with Crippen molar-refractivity contribution in [1.29, 1.82) is 0 Å². The van der Waals surface area contributed by atoms with Gasteiger partial charge in [-0.15, -0.1) is 0 Å². The Kier molecular flexibility index (Phi) is 10.8. The fraction of sp³-hybridized carbons (Fsp3) is 0.864. The number of hydrogen-bond donors (Lipinski definition) is 0. The minimum absolute atomic E-state index is 0.141. The van der Waals surface area contributed by atoms with Crippen molar-refractivity contribution in [2.45, 2.75) is 118 Å². The van der Waals surface area contributed by atoms with Gasteiger partial charge in [-0.2, -0.15) is 0 Å². The Hall–Kier alpha value is -0.0313. The summed E-state index contributed by atoms with van der Waals surface area (Å²) in [5.74, 6) is 0. The van der Waals surface area contributed by atoms with Gasteiger partial charge in [0.2, 0.25) is 0 Å². The first-order chi connectivity index (χ1) is 12.3. The Morgan fingerprint density at radius 3 is 1.96 bits per heavy atom. The van der Waals surface area contributed by atoms with E-state index in [0.29, 0.717) is 0 Å². The Morgan fingerprint density at radius 2 is 1.58 bits per heavy atom. The molecule has 0 bridgehead atoms. The van der Waals surface area contributed by atoms with Crippen LogP contribution in [0.15, 0.2) is 9.67 Å². The predicted molar refractivity (Wildman–Crippen MR) is 115 cm³/mol. The number of allylic oxidation sites excluding steroid dienone is 1. The fourth-order valence-corrected chi connectivity index (χ4v) is 21.4. The van der Waals surface area contributed by atoms with E-state index < -0.39 is 18.4 Å². The number of hydroxylamine groups is 2. The summed E-state index contributed by atoms with van der Waals surface area (Å²) in [4.78, 5) is 17.6. The molecule has 1 unspecified atom stereocenters. The summed E-state index contributed by atoms with van der Waals surface area (Å²) < 4.78 is 6.32. The zero-order valence-corrected chi connectivity index (χ0v) is 21.1. The molecule has 1 amide bonds. The van der Waals surface area contributed by atoms with Gasteiger partial charge in [-0.25, -0.2) is 0 Å². The fourth-order valence-electron chi connectivity index (χ4n) is 4.23. The zero-order chi connectivity index (χ0) is 19.6. The van der Waals surface area contributed by atoms with Crippen LogP contribution in [0.4, 0.5) is 0 Å². The number of amides is 1. The molecule has 0 saturated carbocycles. The summed E-state index contributed by atoms with van der Waals surface area (Å²) in [6, 6.07) is 0.141. The van der Waals surface area contributed by atoms with Crippen molar-refractivity contribution >= 4 is 24.8 Å². The van der Waals surface area contributed by atoms with E-state index in [1.165, 1.54) is 58.3 Å². The van der Waals surface area contributed by atoms with E-state index in [1.807, 2.05) is 24.4 Å². The quantitative estimate of drug-likeness (QED) is 0.171. The van der Waals surface area contributed by atoms with Gasteiger partial charge in [0.15, 0.2) is 0 Å². The van der Waals surface area contributed by atoms with Crippen LogP contribution in [-0.4, -0.2) is 41.5 Å². The Morgan fingerprint density at radius 1 is 1.08 bits per heavy atom. The molecule has 0 radical (unpaired) electrons. The third-order valence-corrected chi connectivity index (χ3v) is 21.9. The monoisotopic (exact) mass is 473 g/mol. The van der Waals surface area contributed by atoms with Crippen LogP contribution in [0.1, 0.15) is 92.9 Å². The molecule has 0 heterocycles. The second-order valence-electron chi connectivity index (χ2n) is 9.06. The van der Waals surface area contributed by atoms with Crippen molar-refractivity contribution in [1.82, 2.24) is 5.06 Å². The van der Waals surface area contributed by atoms with Gasteiger partial charge in [0, 0.05) is 0 Å². The molecular weight excluding hydrogens is 429 g/mol. The number of hydrogen-bond acceptors (Lipinski definition) is 2. The Balaban J connectivity index is 3.04. The molecule has 26 heavy (non-hydrogen) atoms. The van der Waals surface area contributed by atoms with Gasteiger partial charge in [0.25, 0.3) is 0 Å². The summed E-state index contributed by atoms with van der Waals surface area (Å²) in [5, 5.41) is 1.59. The van der Waals surface area contributed by atoms with Crippen LogP contribution in [0.3, 0.4) is 0 Å². The molecule has 3 nitrogen and oxygen atoms in total. The maximum absolute atomic E-state index is 11.6. The minimum atomic E-state index is -2.32. The van der Waals surface area contributed by atoms with Crippen LogP contribution in [0.2, 0.25) is 13.3 Å². The summed E-state index contributed by atoms with van der Waals surface area (Å²) in [6.07, 6.45) is 13.7. The first kappa shape index (κ1) is 24.0. The van der Waals surface area contributed by atoms with Gasteiger partial charge in [0.05, 0.1) is 0 Å². The van der Waals surface area contributed by atoms with Gasteiger partial charge in [-0.05, 0) is 0 Å². The standard InChI is InChI=1S/C10H16NO2.3C4H9.Sn/c1-10(2,3)13-11(8-12)9-6-4-5-7-9;3*1-3-4-2;/h7-9H,4,6H2,1-3H3;3*1,3-4H2,2H3;. The Bertz CT molecular complexity index is 420. The molecule has 4 heteroatoms. The van der Waals surface area contributed by atoms with Crippen molar-refractivity contribution < 1.29 is 9.63 Å². The van der Waals surface area contributed by atoms with Gasteiger partial charge in [-0.3, -0.25) is 0 Å². The molecule has 0 aliphatic heterocycles. The van der Waals surface area contributed by atoms with Crippen LogP contribution in [-0.2, 0) is 9.63 Å². The molecule has 1 atom stereocenters. The van der Waals surface area contributed by atoms with E-state index in [9.17, 15) is 4.79 Å². The van der Waals surface area contributed by atoms with E-state index in [1.54, 1.807) is 5.06 Å². The van der Waals surface area contributed by atoms with E-state index in [2.05, 4.69) is 26.8 Å². The third-order valence-electron chi connectivity index (χ3n) is 5.62. The van der Waals surface area contributed by atoms with Crippen molar-refractivity contribution in [3.8, 4) is 0 Å². The Labute approximate surface area is 166 Å². The molecule has 1 rings (SSSR count). The molecule has 0 saturated heterocycles. The summed E-state index contributed by atoms with van der Waals surface area (Å²) in [5.41, 5.74) is -0.329. The molecule has 0 aromatic carbocycles. The van der Waals surface area contributed by atoms with E-state index in [0.717, 1.165) is 12.8 Å². The second kappa shape index (κ2) is 11.7. The molecule has 152 valence electrons. The van der Waals surface area contributed by atoms with Crippen LogP contribution >= 0.6 is 0 Å². The van der Waals surface area contributed by atoms with Crippen LogP contribution in [0, 0.1) is 0 Å². The van der Waals surface area contributed by atoms with Gasteiger partial charge in [-0.1, -0.05) is 0 Å². The molecule has 1 aliphatic carbocycles. The number of rotatable bonds is 13. The number of carbonyl (C=O) groups excluding carboxylic acids is 1. The molecule has 0 N–H and O–H groups in total. The van der Waals surface area contributed by atoms with Crippen LogP contribution in [0.25, 0.3) is 0 Å². The van der Waals surface area contributed by atoms with Gasteiger partial charge in [0.1, 0.15) is 0 Å². The first-order valence-electron chi connectivity index (χ1n) is 11.0. The van der Waals surface area contributed by atoms with Crippen LogP contribution in [0.5, 0.6) is 0 Å². The number of unbranched alkanes of at least 4 members (excludes halogenated alkanes) is 3. The summed E-state index contributed by atoms with van der Waals surface area (Å²) >= 11 is -2.32. The molecule has 0 spiro atoms. The molecule has 0 aromatic heterocycles.